The monoisotopic (exact) mass is 255 g/mol. The normalized spacial score (nSPS) is 44.2. The number of nitrogens with two attached hydrogens (primary N) is 1. The molecule has 2 fully saturated rings. The minimum Gasteiger partial charge on any atom is -0.478 e. The van der Waals surface area contributed by atoms with E-state index in [2.05, 4.69) is 0 Å². The number of rotatable bonds is 2. The largest absolute Gasteiger partial charge is 0.478 e. The van der Waals surface area contributed by atoms with E-state index >= 15 is 0 Å². The molecule has 3 aliphatic rings. The van der Waals surface area contributed by atoms with Crippen molar-refractivity contribution in [2.75, 3.05) is 0 Å². The second-order valence-electron chi connectivity index (χ2n) is 4.98. The molecule has 7 heteroatoms. The number of ether oxygens (including phenoxy) is 3. The number of carbonyl (C=O) groups excluding carboxylic acids is 1. The SMILES string of the molecule is C[C@]12O[C@H]1C[C@@H]1C(C(=O)O)=CO[C@@H](OC(N)=O)[C@H]12. The standard InChI is InChI=1S/C11H13NO6/c1-11-6(18-11)2-4-5(8(13)14)3-16-9(7(4)11)17-10(12)15/h3-4,6-7,9H,2H2,1H3,(H2,12,15)(H,13,14)/t4-,6+,7+,9+,11+/m1/s1. The van der Waals surface area contributed by atoms with Crippen molar-refractivity contribution in [3.8, 4) is 0 Å². The fourth-order valence-corrected chi connectivity index (χ4v) is 3.14. The molecule has 0 unspecified atom stereocenters. The second kappa shape index (κ2) is 3.38. The maximum Gasteiger partial charge on any atom is 0.407 e. The summed E-state index contributed by atoms with van der Waals surface area (Å²) in [6.45, 7) is 1.87. The Morgan fingerprint density at radius 2 is 2.33 bits per heavy atom. The van der Waals surface area contributed by atoms with Crippen LogP contribution in [0.3, 0.4) is 0 Å². The lowest BCUT2D eigenvalue weighted by atomic mass is 9.82. The van der Waals surface area contributed by atoms with E-state index in [1.165, 1.54) is 0 Å². The summed E-state index contributed by atoms with van der Waals surface area (Å²) in [5.74, 6) is -1.58. The van der Waals surface area contributed by atoms with Crippen LogP contribution < -0.4 is 5.73 Å². The summed E-state index contributed by atoms with van der Waals surface area (Å²) < 4.78 is 15.6. The van der Waals surface area contributed by atoms with E-state index in [1.54, 1.807) is 0 Å². The number of carboxylic acids is 1. The second-order valence-corrected chi connectivity index (χ2v) is 4.98. The smallest absolute Gasteiger partial charge is 0.407 e. The maximum atomic E-state index is 11.1. The van der Waals surface area contributed by atoms with Crippen molar-refractivity contribution in [3.63, 3.8) is 0 Å². The molecule has 0 spiro atoms. The number of carboxylic acid groups (broad SMARTS) is 1. The number of amides is 1. The van der Waals surface area contributed by atoms with Gasteiger partial charge in [-0.25, -0.2) is 9.59 Å². The molecule has 5 atom stereocenters. The Morgan fingerprint density at radius 3 is 2.94 bits per heavy atom. The van der Waals surface area contributed by atoms with Crippen molar-refractivity contribution in [1.29, 1.82) is 0 Å². The molecule has 0 aromatic carbocycles. The van der Waals surface area contributed by atoms with Gasteiger partial charge >= 0.3 is 12.1 Å². The van der Waals surface area contributed by atoms with Crippen LogP contribution in [0.15, 0.2) is 11.8 Å². The average Bonchev–Trinajstić information content (AvgIpc) is 2.80. The highest BCUT2D eigenvalue weighted by Crippen LogP contribution is 2.60. The highest BCUT2D eigenvalue weighted by molar-refractivity contribution is 5.87. The molecule has 0 bridgehead atoms. The molecule has 0 aromatic rings. The van der Waals surface area contributed by atoms with Crippen LogP contribution in [-0.4, -0.2) is 35.2 Å². The molecule has 7 nitrogen and oxygen atoms in total. The minimum atomic E-state index is -1.02. The minimum absolute atomic E-state index is 0.00377. The fourth-order valence-electron chi connectivity index (χ4n) is 3.14. The summed E-state index contributed by atoms with van der Waals surface area (Å²) in [6.07, 6.45) is -0.0883. The van der Waals surface area contributed by atoms with Gasteiger partial charge in [0.15, 0.2) is 0 Å². The lowest BCUT2D eigenvalue weighted by Crippen LogP contribution is -2.43. The van der Waals surface area contributed by atoms with Crippen LogP contribution in [0.4, 0.5) is 4.79 Å². The first-order valence-corrected chi connectivity index (χ1v) is 5.66. The summed E-state index contributed by atoms with van der Waals surface area (Å²) in [7, 11) is 0. The molecule has 1 saturated heterocycles. The van der Waals surface area contributed by atoms with Crippen LogP contribution >= 0.6 is 0 Å². The van der Waals surface area contributed by atoms with Gasteiger partial charge in [-0.3, -0.25) is 0 Å². The van der Waals surface area contributed by atoms with Crippen LogP contribution in [0.1, 0.15) is 13.3 Å². The zero-order valence-corrected chi connectivity index (χ0v) is 9.66. The third kappa shape index (κ3) is 1.40. The molecular formula is C11H13NO6. The van der Waals surface area contributed by atoms with E-state index in [0.29, 0.717) is 6.42 Å². The maximum absolute atomic E-state index is 11.1. The van der Waals surface area contributed by atoms with Gasteiger partial charge in [0.2, 0.25) is 0 Å². The molecule has 1 aliphatic carbocycles. The van der Waals surface area contributed by atoms with E-state index in [4.69, 9.17) is 25.1 Å². The molecule has 2 heterocycles. The number of hydrogen-bond acceptors (Lipinski definition) is 5. The summed E-state index contributed by atoms with van der Waals surface area (Å²) in [4.78, 5) is 22.0. The topological polar surface area (TPSA) is 111 Å². The predicted octanol–water partition coefficient (Wildman–Crippen LogP) is 0.200. The van der Waals surface area contributed by atoms with Crippen molar-refractivity contribution in [3.05, 3.63) is 11.8 Å². The molecule has 1 amide bonds. The molecule has 0 radical (unpaired) electrons. The Balaban J connectivity index is 1.92. The zero-order valence-electron chi connectivity index (χ0n) is 9.66. The summed E-state index contributed by atoms with van der Waals surface area (Å²) in [5, 5.41) is 9.12. The fraction of sp³-hybridized carbons (Fsp3) is 0.636. The lowest BCUT2D eigenvalue weighted by Gasteiger charge is -2.35. The molecule has 3 N–H and O–H groups in total. The lowest BCUT2D eigenvalue weighted by molar-refractivity contribution is -0.147. The Hall–Kier alpha value is -1.76. The molecule has 1 saturated carbocycles. The third-order valence-electron chi connectivity index (χ3n) is 4.04. The Labute approximate surface area is 102 Å². The van der Waals surface area contributed by atoms with E-state index in [0.717, 1.165) is 6.26 Å². The van der Waals surface area contributed by atoms with Crippen LogP contribution in [0.25, 0.3) is 0 Å². The van der Waals surface area contributed by atoms with Gasteiger partial charge in [-0.2, -0.15) is 0 Å². The van der Waals surface area contributed by atoms with E-state index in [1.807, 2.05) is 6.92 Å². The van der Waals surface area contributed by atoms with E-state index < -0.39 is 24.0 Å². The third-order valence-corrected chi connectivity index (χ3v) is 4.04. The van der Waals surface area contributed by atoms with Crippen molar-refractivity contribution in [2.45, 2.75) is 31.3 Å². The van der Waals surface area contributed by atoms with Gasteiger partial charge in [0, 0.05) is 5.92 Å². The Kier molecular flexibility index (Phi) is 2.13. The number of epoxide rings is 1. The quantitative estimate of drug-likeness (QED) is 0.682. The van der Waals surface area contributed by atoms with Crippen molar-refractivity contribution in [1.82, 2.24) is 0 Å². The van der Waals surface area contributed by atoms with Crippen LogP contribution in [-0.2, 0) is 19.0 Å². The van der Waals surface area contributed by atoms with Crippen molar-refractivity contribution in [2.24, 2.45) is 17.6 Å². The van der Waals surface area contributed by atoms with Crippen molar-refractivity contribution >= 4 is 12.1 Å². The van der Waals surface area contributed by atoms with Gasteiger partial charge in [-0.05, 0) is 13.3 Å². The summed E-state index contributed by atoms with van der Waals surface area (Å²) >= 11 is 0. The molecule has 3 rings (SSSR count). The Morgan fingerprint density at radius 1 is 1.61 bits per heavy atom. The zero-order chi connectivity index (χ0) is 13.1. The average molecular weight is 255 g/mol. The number of carbonyl (C=O) groups is 2. The highest BCUT2D eigenvalue weighted by atomic mass is 16.7. The van der Waals surface area contributed by atoms with Gasteiger partial charge in [0.05, 0.1) is 23.9 Å². The Bertz CT molecular complexity index is 460. The molecule has 0 aromatic heterocycles. The molecule has 18 heavy (non-hydrogen) atoms. The number of aliphatic carboxylic acids is 1. The highest BCUT2D eigenvalue weighted by Gasteiger charge is 2.70. The molecular weight excluding hydrogens is 242 g/mol. The van der Waals surface area contributed by atoms with E-state index in [-0.39, 0.29) is 23.5 Å². The van der Waals surface area contributed by atoms with Crippen LogP contribution in [0.5, 0.6) is 0 Å². The van der Waals surface area contributed by atoms with E-state index in [9.17, 15) is 9.59 Å². The van der Waals surface area contributed by atoms with Crippen LogP contribution in [0.2, 0.25) is 0 Å². The van der Waals surface area contributed by atoms with Gasteiger partial charge in [-0.15, -0.1) is 0 Å². The van der Waals surface area contributed by atoms with Gasteiger partial charge in [-0.1, -0.05) is 0 Å². The first-order chi connectivity index (χ1) is 8.43. The van der Waals surface area contributed by atoms with Gasteiger partial charge < -0.3 is 25.1 Å². The number of primary amides is 1. The summed E-state index contributed by atoms with van der Waals surface area (Å²) in [5.41, 5.74) is 4.69. The summed E-state index contributed by atoms with van der Waals surface area (Å²) in [6, 6.07) is 0. The van der Waals surface area contributed by atoms with Gasteiger partial charge in [0.1, 0.15) is 5.60 Å². The first-order valence-electron chi connectivity index (χ1n) is 5.66. The van der Waals surface area contributed by atoms with Crippen molar-refractivity contribution < 1.29 is 28.9 Å². The van der Waals surface area contributed by atoms with Gasteiger partial charge in [0.25, 0.3) is 6.29 Å². The predicted molar refractivity (Wildman–Crippen MR) is 56.1 cm³/mol. The number of hydrogen-bond donors (Lipinski definition) is 2. The number of fused-ring (bicyclic) bond motifs is 3. The molecule has 98 valence electrons. The van der Waals surface area contributed by atoms with Crippen LogP contribution in [0, 0.1) is 11.8 Å². The first kappa shape index (κ1) is 11.3. The molecule has 2 aliphatic heterocycles.